The Balaban J connectivity index is 1.27. The number of likely N-dealkylation sites (tertiary alicyclic amines) is 1. The third-order valence-electron chi connectivity index (χ3n) is 7.36. The van der Waals surface area contributed by atoms with Gasteiger partial charge in [-0.25, -0.2) is 9.78 Å². The normalized spacial score (nSPS) is 15.1. The van der Waals surface area contributed by atoms with E-state index in [9.17, 15) is 9.59 Å². The van der Waals surface area contributed by atoms with E-state index in [0.29, 0.717) is 42.1 Å². The summed E-state index contributed by atoms with van der Waals surface area (Å²) in [6, 6.07) is 8.10. The summed E-state index contributed by atoms with van der Waals surface area (Å²) in [5.74, 6) is -0.110. The first-order valence-electron chi connectivity index (χ1n) is 13.4. The minimum Gasteiger partial charge on any atom is -0.352 e. The number of pyridine rings is 2. The fraction of sp³-hybridized carbons (Fsp3) is 0.448. The highest BCUT2D eigenvalue weighted by atomic mass is 35.5. The van der Waals surface area contributed by atoms with E-state index in [2.05, 4.69) is 49.3 Å². The first-order chi connectivity index (χ1) is 18.8. The fourth-order valence-corrected chi connectivity index (χ4v) is 6.11. The lowest BCUT2D eigenvalue weighted by atomic mass is 10.0. The van der Waals surface area contributed by atoms with Crippen LogP contribution in [0.25, 0.3) is 0 Å². The van der Waals surface area contributed by atoms with Crippen LogP contribution in [0.3, 0.4) is 0 Å². The molecule has 2 N–H and O–H groups in total. The number of hydrogen-bond donors (Lipinski definition) is 2. The number of halogens is 1. The van der Waals surface area contributed by atoms with E-state index in [0.717, 1.165) is 49.0 Å². The molecule has 1 fully saturated rings. The van der Waals surface area contributed by atoms with E-state index in [-0.39, 0.29) is 18.0 Å². The van der Waals surface area contributed by atoms with Crippen LogP contribution in [0.15, 0.2) is 47.4 Å². The zero-order valence-corrected chi connectivity index (χ0v) is 24.4. The van der Waals surface area contributed by atoms with E-state index < -0.39 is 0 Å². The third kappa shape index (κ3) is 8.00. The smallest absolute Gasteiger partial charge is 0.318 e. The minimum atomic E-state index is -0.110. The number of aromatic nitrogens is 2. The maximum Gasteiger partial charge on any atom is 0.318 e. The first kappa shape index (κ1) is 29.0. The van der Waals surface area contributed by atoms with E-state index in [1.807, 2.05) is 24.0 Å². The summed E-state index contributed by atoms with van der Waals surface area (Å²) in [6.07, 6.45) is 6.18. The molecular weight excluding hydrogens is 532 g/mol. The average molecular weight is 569 g/mol. The summed E-state index contributed by atoms with van der Waals surface area (Å²) in [5, 5.41) is 10.7. The van der Waals surface area contributed by atoms with Crippen molar-refractivity contribution in [2.45, 2.75) is 65.2 Å². The number of nitrogens with zero attached hydrogens (tertiary/aromatic N) is 4. The molecule has 4 rings (SSSR count). The highest BCUT2D eigenvalue weighted by Gasteiger charge is 2.30. The van der Waals surface area contributed by atoms with Crippen LogP contribution in [0.4, 0.5) is 4.79 Å². The number of amides is 3. The summed E-state index contributed by atoms with van der Waals surface area (Å²) in [7, 11) is 0. The Bertz CT molecular complexity index is 1210. The molecule has 8 nitrogen and oxygen atoms in total. The van der Waals surface area contributed by atoms with E-state index in [1.165, 1.54) is 0 Å². The van der Waals surface area contributed by atoms with Crippen molar-refractivity contribution in [1.82, 2.24) is 30.4 Å². The predicted octanol–water partition coefficient (Wildman–Crippen LogP) is 5.19. The summed E-state index contributed by atoms with van der Waals surface area (Å²) in [5.41, 5.74) is 4.21. The Morgan fingerprint density at radius 3 is 2.67 bits per heavy atom. The van der Waals surface area contributed by atoms with Crippen LogP contribution >= 0.6 is 22.9 Å². The molecule has 10 heteroatoms. The van der Waals surface area contributed by atoms with Crippen molar-refractivity contribution in [3.05, 3.63) is 80.5 Å². The van der Waals surface area contributed by atoms with Crippen LogP contribution < -0.4 is 10.6 Å². The Morgan fingerprint density at radius 1 is 1.21 bits per heavy atom. The fourth-order valence-electron chi connectivity index (χ4n) is 5.16. The highest BCUT2D eigenvalue weighted by Crippen LogP contribution is 2.23. The van der Waals surface area contributed by atoms with Gasteiger partial charge in [0.25, 0.3) is 5.91 Å². The van der Waals surface area contributed by atoms with Crippen molar-refractivity contribution in [1.29, 1.82) is 0 Å². The van der Waals surface area contributed by atoms with Crippen molar-refractivity contribution in [2.24, 2.45) is 0 Å². The molecule has 0 radical (unpaired) electrons. The van der Waals surface area contributed by atoms with Gasteiger partial charge < -0.3 is 20.4 Å². The van der Waals surface area contributed by atoms with Crippen LogP contribution in [-0.4, -0.2) is 63.4 Å². The predicted molar refractivity (Wildman–Crippen MR) is 156 cm³/mol. The number of urea groups is 1. The zero-order valence-electron chi connectivity index (χ0n) is 22.8. The molecule has 0 aliphatic carbocycles. The largest absolute Gasteiger partial charge is 0.352 e. The lowest BCUT2D eigenvalue weighted by Crippen LogP contribution is -2.51. The van der Waals surface area contributed by atoms with Gasteiger partial charge in [0.1, 0.15) is 5.15 Å². The van der Waals surface area contributed by atoms with Gasteiger partial charge in [0.2, 0.25) is 0 Å². The molecule has 3 aromatic rings. The van der Waals surface area contributed by atoms with Crippen molar-refractivity contribution in [2.75, 3.05) is 19.6 Å². The molecule has 0 unspecified atom stereocenters. The maximum absolute atomic E-state index is 13.3. The molecule has 0 aromatic carbocycles. The molecule has 4 heterocycles. The van der Waals surface area contributed by atoms with Gasteiger partial charge in [-0.15, -0.1) is 0 Å². The molecule has 0 saturated carbocycles. The number of nitrogens with one attached hydrogen (secondary N) is 2. The van der Waals surface area contributed by atoms with Gasteiger partial charge in [-0.2, -0.15) is 11.3 Å². The molecule has 3 amide bonds. The second-order valence-electron chi connectivity index (χ2n) is 10.2. The van der Waals surface area contributed by atoms with Gasteiger partial charge in [-0.3, -0.25) is 9.78 Å². The van der Waals surface area contributed by atoms with Crippen molar-refractivity contribution < 1.29 is 9.59 Å². The first-order valence-corrected chi connectivity index (χ1v) is 14.7. The molecular formula is C29H37ClN6O2S. The number of carbonyl (C=O) groups is 2. The average Bonchev–Trinajstić information content (AvgIpc) is 3.44. The monoisotopic (exact) mass is 568 g/mol. The van der Waals surface area contributed by atoms with Crippen LogP contribution in [-0.2, 0) is 13.1 Å². The third-order valence-corrected chi connectivity index (χ3v) is 8.29. The lowest BCUT2D eigenvalue weighted by molar-refractivity contribution is 0.0903. The van der Waals surface area contributed by atoms with Gasteiger partial charge in [-0.1, -0.05) is 17.7 Å². The lowest BCUT2D eigenvalue weighted by Gasteiger charge is -2.40. The minimum absolute atomic E-state index is 0.0402. The highest BCUT2D eigenvalue weighted by molar-refractivity contribution is 7.07. The summed E-state index contributed by atoms with van der Waals surface area (Å²) in [6.45, 7) is 9.36. The summed E-state index contributed by atoms with van der Waals surface area (Å²) < 4.78 is 0. The van der Waals surface area contributed by atoms with Gasteiger partial charge >= 0.3 is 6.03 Å². The SMILES string of the molecule is Cc1cc(Cl)nc(C)c1C(=O)NCC[C@@H](C)N1CCC(N(Cc2ccsc2)C(=O)NCc2cccnc2)CC1. The Morgan fingerprint density at radius 2 is 2.00 bits per heavy atom. The molecule has 0 spiro atoms. The number of hydrogen-bond acceptors (Lipinski definition) is 6. The number of aryl methyl sites for hydroxylation is 2. The quantitative estimate of drug-likeness (QED) is 0.328. The van der Waals surface area contributed by atoms with Crippen molar-refractivity contribution in [3.63, 3.8) is 0 Å². The van der Waals surface area contributed by atoms with Crippen molar-refractivity contribution >= 4 is 34.9 Å². The van der Waals surface area contributed by atoms with Crippen molar-refractivity contribution in [3.8, 4) is 0 Å². The standard InChI is InChI=1S/C29H37ClN6O2S/c1-20-15-26(30)34-22(3)27(20)28(37)32-11-6-21(2)35-12-7-25(8-13-35)36(18-24-9-14-39-19-24)29(38)33-17-23-5-4-10-31-16-23/h4-5,9-10,14-16,19,21,25H,6-8,11-13,17-18H2,1-3H3,(H,32,37)(H,33,38)/t21-/m1/s1. The summed E-state index contributed by atoms with van der Waals surface area (Å²) in [4.78, 5) is 38.8. The summed E-state index contributed by atoms with van der Waals surface area (Å²) >= 11 is 7.66. The Hall–Kier alpha value is -3.01. The van der Waals surface area contributed by atoms with Gasteiger partial charge in [-0.05, 0) is 85.7 Å². The maximum atomic E-state index is 13.3. The van der Waals surface area contributed by atoms with Gasteiger partial charge in [0.05, 0.1) is 11.3 Å². The second-order valence-corrected chi connectivity index (χ2v) is 11.3. The molecule has 208 valence electrons. The number of rotatable bonds is 10. The number of carbonyl (C=O) groups excluding carboxylic acids is 2. The molecule has 39 heavy (non-hydrogen) atoms. The number of thiophene rings is 1. The molecule has 1 saturated heterocycles. The molecule has 1 aliphatic heterocycles. The van der Waals surface area contributed by atoms with E-state index in [1.54, 1.807) is 36.7 Å². The van der Waals surface area contributed by atoms with Crippen LogP contribution in [0.5, 0.6) is 0 Å². The topological polar surface area (TPSA) is 90.5 Å². The van der Waals surface area contributed by atoms with Crippen LogP contribution in [0, 0.1) is 13.8 Å². The van der Waals surface area contributed by atoms with Gasteiger partial charge in [0.15, 0.2) is 0 Å². The Kier molecular flexibility index (Phi) is 10.3. The second kappa shape index (κ2) is 13.9. The molecule has 0 bridgehead atoms. The van der Waals surface area contributed by atoms with Crippen LogP contribution in [0.1, 0.15) is 58.9 Å². The molecule has 1 aliphatic rings. The van der Waals surface area contributed by atoms with Gasteiger partial charge in [0, 0.05) is 57.2 Å². The van der Waals surface area contributed by atoms with E-state index >= 15 is 0 Å². The molecule has 3 aromatic heterocycles. The Labute approximate surface area is 239 Å². The number of piperidine rings is 1. The molecule has 1 atom stereocenters. The van der Waals surface area contributed by atoms with Crippen LogP contribution in [0.2, 0.25) is 5.15 Å². The van der Waals surface area contributed by atoms with E-state index in [4.69, 9.17) is 11.6 Å². The zero-order chi connectivity index (χ0) is 27.8.